The Bertz CT molecular complexity index is 3450. The van der Waals surface area contributed by atoms with Crippen molar-refractivity contribution in [1.29, 1.82) is 0 Å². The number of fused-ring (bicyclic) bond motifs is 7. The van der Waals surface area contributed by atoms with E-state index in [1.54, 1.807) is 0 Å². The number of hydrogen-bond donors (Lipinski definition) is 0. The Morgan fingerprint density at radius 3 is 1.36 bits per heavy atom. The minimum absolute atomic E-state index is 0.886. The van der Waals surface area contributed by atoms with Crippen molar-refractivity contribution in [3.63, 3.8) is 0 Å². The van der Waals surface area contributed by atoms with Gasteiger partial charge in [0.05, 0.1) is 0 Å². The number of hydrogen-bond acceptors (Lipinski definition) is 3. The van der Waals surface area contributed by atoms with Gasteiger partial charge in [-0.2, -0.15) is 0 Å². The van der Waals surface area contributed by atoms with E-state index >= 15 is 0 Å². The summed E-state index contributed by atoms with van der Waals surface area (Å²) < 4.78 is 13.2. The first-order chi connectivity index (χ1) is 30.2. The molecule has 0 aliphatic heterocycles. The average Bonchev–Trinajstić information content (AvgIpc) is 3.91. The lowest BCUT2D eigenvalue weighted by Crippen LogP contribution is -2.09. The van der Waals surface area contributed by atoms with Crippen LogP contribution in [0.25, 0.3) is 99.2 Å². The Labute approximate surface area is 353 Å². The van der Waals surface area contributed by atoms with Gasteiger partial charge < -0.3 is 13.7 Å². The third-order valence-corrected chi connectivity index (χ3v) is 12.0. The van der Waals surface area contributed by atoms with Crippen LogP contribution in [0, 0.1) is 0 Å². The zero-order valence-electron chi connectivity index (χ0n) is 33.1. The van der Waals surface area contributed by atoms with Crippen molar-refractivity contribution in [1.82, 2.24) is 0 Å². The fourth-order valence-electron chi connectivity index (χ4n) is 9.06. The van der Waals surface area contributed by atoms with E-state index in [2.05, 4.69) is 205 Å². The molecule has 10 aromatic carbocycles. The Balaban J connectivity index is 0.994. The van der Waals surface area contributed by atoms with Gasteiger partial charge in [-0.1, -0.05) is 152 Å². The van der Waals surface area contributed by atoms with Crippen molar-refractivity contribution in [2.75, 3.05) is 4.90 Å². The largest absolute Gasteiger partial charge is 0.455 e. The lowest BCUT2D eigenvalue weighted by molar-refractivity contribution is 0.670. The predicted molar refractivity (Wildman–Crippen MR) is 255 cm³/mol. The first-order valence-electron chi connectivity index (χ1n) is 20.7. The van der Waals surface area contributed by atoms with E-state index in [-0.39, 0.29) is 0 Å². The van der Waals surface area contributed by atoms with E-state index in [0.29, 0.717) is 0 Å². The summed E-state index contributed by atoms with van der Waals surface area (Å²) in [5, 5.41) is 6.78. The van der Waals surface area contributed by atoms with Crippen molar-refractivity contribution in [3.8, 4) is 44.5 Å². The predicted octanol–water partition coefficient (Wildman–Crippen LogP) is 16.8. The van der Waals surface area contributed by atoms with Crippen LogP contribution in [0.2, 0.25) is 0 Å². The molecular weight excluding hydrogens is 743 g/mol. The van der Waals surface area contributed by atoms with Crippen molar-refractivity contribution in [2.24, 2.45) is 0 Å². The van der Waals surface area contributed by atoms with Crippen LogP contribution < -0.4 is 4.90 Å². The summed E-state index contributed by atoms with van der Waals surface area (Å²) in [5.74, 6) is 0. The molecule has 0 aliphatic rings. The SMILES string of the molecule is c1ccc(-c2ccc(N(c3ccccc3)c3ccc4cc(-c5cc(-c6cccc7c6oc6ccccc67)cc(-c6cccc7c6oc6ccccc67)c5)ccc4c3)cc2)cc1. The van der Waals surface area contributed by atoms with Gasteiger partial charge in [-0.15, -0.1) is 0 Å². The fourth-order valence-corrected chi connectivity index (χ4v) is 9.06. The topological polar surface area (TPSA) is 29.5 Å². The highest BCUT2D eigenvalue weighted by atomic mass is 16.3. The standard InChI is InChI=1S/C58H37NO2/c1-3-13-38(14-4-1)39-27-30-47(31-28-39)59(46-15-5-2-6-16-46)48-32-29-40-33-41(25-26-42(40)37-48)43-34-44(49-19-11-21-53-51-17-7-9-23-55(51)60-57(49)53)36-45(35-43)50-20-12-22-54-52-18-8-10-24-56(52)61-58(50)54/h1-37H. The fraction of sp³-hybridized carbons (Fsp3) is 0. The molecule has 0 N–H and O–H groups in total. The number of rotatable bonds is 7. The molecule has 0 amide bonds. The molecule has 3 heteroatoms. The number of benzene rings is 10. The molecule has 286 valence electrons. The normalized spacial score (nSPS) is 11.6. The molecule has 0 saturated carbocycles. The highest BCUT2D eigenvalue weighted by Gasteiger charge is 2.18. The summed E-state index contributed by atoms with van der Waals surface area (Å²) in [6, 6.07) is 79.9. The van der Waals surface area contributed by atoms with E-state index in [1.165, 1.54) is 21.9 Å². The van der Waals surface area contributed by atoms with Crippen LogP contribution in [0.1, 0.15) is 0 Å². The Morgan fingerprint density at radius 2 is 0.721 bits per heavy atom. The molecule has 2 aromatic heterocycles. The number of nitrogens with zero attached hydrogens (tertiary/aromatic N) is 1. The van der Waals surface area contributed by atoms with Crippen molar-refractivity contribution in [2.45, 2.75) is 0 Å². The maximum absolute atomic E-state index is 6.59. The molecular formula is C58H37NO2. The number of para-hydroxylation sites is 5. The maximum atomic E-state index is 6.59. The van der Waals surface area contributed by atoms with Crippen LogP contribution in [-0.4, -0.2) is 0 Å². The second kappa shape index (κ2) is 14.3. The lowest BCUT2D eigenvalue weighted by Gasteiger charge is -2.26. The van der Waals surface area contributed by atoms with Crippen LogP contribution in [0.4, 0.5) is 17.1 Å². The molecule has 0 radical (unpaired) electrons. The van der Waals surface area contributed by atoms with E-state index in [4.69, 9.17) is 8.83 Å². The molecule has 12 aromatic rings. The van der Waals surface area contributed by atoms with Crippen molar-refractivity contribution < 1.29 is 8.83 Å². The monoisotopic (exact) mass is 779 g/mol. The molecule has 0 atom stereocenters. The molecule has 0 spiro atoms. The molecule has 0 unspecified atom stereocenters. The molecule has 61 heavy (non-hydrogen) atoms. The van der Waals surface area contributed by atoms with Gasteiger partial charge in [-0.05, 0) is 117 Å². The summed E-state index contributed by atoms with van der Waals surface area (Å²) in [4.78, 5) is 2.33. The lowest BCUT2D eigenvalue weighted by atomic mass is 9.91. The van der Waals surface area contributed by atoms with Gasteiger partial charge in [0.25, 0.3) is 0 Å². The smallest absolute Gasteiger partial charge is 0.143 e. The van der Waals surface area contributed by atoms with Gasteiger partial charge in [-0.25, -0.2) is 0 Å². The molecule has 0 fully saturated rings. The minimum atomic E-state index is 0.886. The van der Waals surface area contributed by atoms with Gasteiger partial charge in [0.15, 0.2) is 0 Å². The van der Waals surface area contributed by atoms with Gasteiger partial charge in [0, 0.05) is 49.7 Å². The summed E-state index contributed by atoms with van der Waals surface area (Å²) in [5.41, 5.74) is 15.8. The highest BCUT2D eigenvalue weighted by Crippen LogP contribution is 2.43. The van der Waals surface area contributed by atoms with Crippen molar-refractivity contribution >= 4 is 71.7 Å². The van der Waals surface area contributed by atoms with Crippen LogP contribution in [0.15, 0.2) is 233 Å². The molecule has 3 nitrogen and oxygen atoms in total. The van der Waals surface area contributed by atoms with Crippen LogP contribution in [0.5, 0.6) is 0 Å². The summed E-state index contributed by atoms with van der Waals surface area (Å²) in [6.45, 7) is 0. The Morgan fingerprint density at radius 1 is 0.262 bits per heavy atom. The summed E-state index contributed by atoms with van der Waals surface area (Å²) >= 11 is 0. The first kappa shape index (κ1) is 34.9. The second-order valence-corrected chi connectivity index (χ2v) is 15.7. The Kier molecular flexibility index (Phi) is 8.17. The molecule has 0 bridgehead atoms. The zero-order valence-corrected chi connectivity index (χ0v) is 33.1. The molecule has 12 rings (SSSR count). The minimum Gasteiger partial charge on any atom is -0.455 e. The van der Waals surface area contributed by atoms with Crippen LogP contribution in [-0.2, 0) is 0 Å². The van der Waals surface area contributed by atoms with E-state index in [9.17, 15) is 0 Å². The third-order valence-electron chi connectivity index (χ3n) is 12.0. The van der Waals surface area contributed by atoms with Crippen LogP contribution in [0.3, 0.4) is 0 Å². The third kappa shape index (κ3) is 6.06. The van der Waals surface area contributed by atoms with Gasteiger partial charge in [0.1, 0.15) is 22.3 Å². The average molecular weight is 780 g/mol. The molecule has 0 aliphatic carbocycles. The number of anilines is 3. The van der Waals surface area contributed by atoms with Gasteiger partial charge in [0.2, 0.25) is 0 Å². The summed E-state index contributed by atoms with van der Waals surface area (Å²) in [7, 11) is 0. The molecule has 0 saturated heterocycles. The second-order valence-electron chi connectivity index (χ2n) is 15.7. The van der Waals surface area contributed by atoms with E-state index < -0.39 is 0 Å². The maximum Gasteiger partial charge on any atom is 0.143 e. The van der Waals surface area contributed by atoms with Crippen LogP contribution >= 0.6 is 0 Å². The quantitative estimate of drug-likeness (QED) is 0.161. The van der Waals surface area contributed by atoms with E-state index in [0.717, 1.165) is 94.3 Å². The van der Waals surface area contributed by atoms with Gasteiger partial charge >= 0.3 is 0 Å². The van der Waals surface area contributed by atoms with Gasteiger partial charge in [-0.3, -0.25) is 0 Å². The number of furan rings is 2. The highest BCUT2D eigenvalue weighted by molar-refractivity contribution is 6.12. The summed E-state index contributed by atoms with van der Waals surface area (Å²) in [6.07, 6.45) is 0. The van der Waals surface area contributed by atoms with E-state index in [1.807, 2.05) is 24.3 Å². The molecule has 2 heterocycles. The van der Waals surface area contributed by atoms with Crippen molar-refractivity contribution in [3.05, 3.63) is 224 Å². The zero-order chi connectivity index (χ0) is 40.3. The Hall–Kier alpha value is -8.14. The first-order valence-corrected chi connectivity index (χ1v) is 20.7.